The van der Waals surface area contributed by atoms with Gasteiger partial charge >= 0.3 is 5.97 Å². The summed E-state index contributed by atoms with van der Waals surface area (Å²) in [4.78, 5) is 11.8. The molecule has 4 heteroatoms. The quantitative estimate of drug-likeness (QED) is 0.763. The molecule has 0 bridgehead atoms. The van der Waals surface area contributed by atoms with E-state index < -0.39 is 5.54 Å². The highest BCUT2D eigenvalue weighted by atomic mass is 16.5. The van der Waals surface area contributed by atoms with Crippen molar-refractivity contribution in [3.05, 3.63) is 0 Å². The Morgan fingerprint density at radius 3 is 2.72 bits per heavy atom. The lowest BCUT2D eigenvalue weighted by molar-refractivity contribution is -0.149. The Hall–Kier alpha value is -0.610. The molecule has 0 aliphatic heterocycles. The van der Waals surface area contributed by atoms with Crippen molar-refractivity contribution >= 4 is 5.97 Å². The number of ether oxygens (including phenoxy) is 2. The van der Waals surface area contributed by atoms with Crippen LogP contribution in [0.25, 0.3) is 0 Å². The van der Waals surface area contributed by atoms with Gasteiger partial charge in [-0.25, -0.2) is 0 Å². The van der Waals surface area contributed by atoms with Gasteiger partial charge in [-0.1, -0.05) is 12.8 Å². The van der Waals surface area contributed by atoms with E-state index in [4.69, 9.17) is 15.2 Å². The fourth-order valence-electron chi connectivity index (χ4n) is 3.08. The molecule has 2 aliphatic rings. The van der Waals surface area contributed by atoms with E-state index >= 15 is 0 Å². The highest BCUT2D eigenvalue weighted by molar-refractivity contribution is 5.81. The molecular formula is C14H25NO3. The fourth-order valence-corrected chi connectivity index (χ4v) is 3.08. The van der Waals surface area contributed by atoms with Gasteiger partial charge in [0.1, 0.15) is 5.54 Å². The average Bonchev–Trinajstić information content (AvgIpc) is 2.97. The molecule has 18 heavy (non-hydrogen) atoms. The second kappa shape index (κ2) is 6.02. The van der Waals surface area contributed by atoms with Crippen LogP contribution in [0, 0.1) is 5.92 Å². The molecule has 2 N–H and O–H groups in total. The third kappa shape index (κ3) is 3.23. The molecule has 0 amide bonds. The van der Waals surface area contributed by atoms with Crippen molar-refractivity contribution in [2.24, 2.45) is 11.7 Å². The summed E-state index contributed by atoms with van der Waals surface area (Å²) in [5.41, 5.74) is 5.30. The molecule has 0 heterocycles. The number of hydrogen-bond acceptors (Lipinski definition) is 4. The summed E-state index contributed by atoms with van der Waals surface area (Å²) < 4.78 is 11.0. The van der Waals surface area contributed by atoms with Crippen LogP contribution in [0.5, 0.6) is 0 Å². The van der Waals surface area contributed by atoms with Gasteiger partial charge in [-0.3, -0.25) is 4.79 Å². The topological polar surface area (TPSA) is 61.5 Å². The van der Waals surface area contributed by atoms with Gasteiger partial charge in [0, 0.05) is 13.0 Å². The minimum atomic E-state index is -0.809. The molecule has 2 fully saturated rings. The van der Waals surface area contributed by atoms with Crippen molar-refractivity contribution < 1.29 is 14.3 Å². The third-order valence-corrected chi connectivity index (χ3v) is 4.23. The van der Waals surface area contributed by atoms with E-state index in [1.54, 1.807) is 0 Å². The second-order valence-corrected chi connectivity index (χ2v) is 5.73. The zero-order valence-electron chi connectivity index (χ0n) is 11.3. The van der Waals surface area contributed by atoms with Crippen LogP contribution in [0.4, 0.5) is 0 Å². The van der Waals surface area contributed by atoms with Gasteiger partial charge in [0.15, 0.2) is 0 Å². The van der Waals surface area contributed by atoms with Crippen LogP contribution in [0.1, 0.15) is 51.9 Å². The molecule has 2 atom stereocenters. The summed E-state index contributed by atoms with van der Waals surface area (Å²) >= 11 is 0. The number of hydrogen-bond donors (Lipinski definition) is 1. The van der Waals surface area contributed by atoms with Crippen molar-refractivity contribution in [1.82, 2.24) is 0 Å². The largest absolute Gasteiger partial charge is 0.465 e. The molecule has 4 nitrogen and oxygen atoms in total. The van der Waals surface area contributed by atoms with Crippen LogP contribution in [-0.4, -0.2) is 30.8 Å². The van der Waals surface area contributed by atoms with Crippen molar-refractivity contribution in [3.63, 3.8) is 0 Å². The first-order chi connectivity index (χ1) is 8.64. The zero-order chi connectivity index (χ0) is 13.0. The summed E-state index contributed by atoms with van der Waals surface area (Å²) in [7, 11) is 0. The predicted molar refractivity (Wildman–Crippen MR) is 69.1 cm³/mol. The van der Waals surface area contributed by atoms with E-state index in [1.165, 1.54) is 25.7 Å². The summed E-state index contributed by atoms with van der Waals surface area (Å²) in [5, 5.41) is 0. The van der Waals surface area contributed by atoms with E-state index in [-0.39, 0.29) is 12.1 Å². The van der Waals surface area contributed by atoms with Gasteiger partial charge < -0.3 is 15.2 Å². The fraction of sp³-hybridized carbons (Fsp3) is 0.929. The van der Waals surface area contributed by atoms with Crippen LogP contribution in [0.3, 0.4) is 0 Å². The first kappa shape index (κ1) is 13.8. The number of rotatable bonds is 5. The van der Waals surface area contributed by atoms with E-state index in [9.17, 15) is 4.79 Å². The van der Waals surface area contributed by atoms with Crippen molar-refractivity contribution in [3.8, 4) is 0 Å². The summed E-state index contributed by atoms with van der Waals surface area (Å²) in [5.74, 6) is 0.456. The molecule has 0 aromatic heterocycles. The lowest BCUT2D eigenvalue weighted by Crippen LogP contribution is -2.47. The molecule has 2 saturated carbocycles. The minimum Gasteiger partial charge on any atom is -0.465 e. The number of nitrogens with two attached hydrogens (primary N) is 1. The van der Waals surface area contributed by atoms with Crippen molar-refractivity contribution in [1.29, 1.82) is 0 Å². The molecule has 104 valence electrons. The van der Waals surface area contributed by atoms with Gasteiger partial charge in [0.25, 0.3) is 0 Å². The molecule has 0 radical (unpaired) electrons. The molecule has 0 aromatic carbocycles. The molecule has 2 unspecified atom stereocenters. The Morgan fingerprint density at radius 1 is 1.33 bits per heavy atom. The van der Waals surface area contributed by atoms with Crippen molar-refractivity contribution in [2.45, 2.75) is 63.5 Å². The molecule has 0 saturated heterocycles. The SMILES string of the molecule is CCOC(=O)C1(N)CCC(OCC2CCCC2)C1. The third-order valence-electron chi connectivity index (χ3n) is 4.23. The van der Waals surface area contributed by atoms with Gasteiger partial charge in [0.05, 0.1) is 12.7 Å². The average molecular weight is 255 g/mol. The minimum absolute atomic E-state index is 0.139. The number of esters is 1. The van der Waals surface area contributed by atoms with E-state index in [1.807, 2.05) is 6.92 Å². The Morgan fingerprint density at radius 2 is 2.06 bits per heavy atom. The monoisotopic (exact) mass is 255 g/mol. The highest BCUT2D eigenvalue weighted by Gasteiger charge is 2.43. The van der Waals surface area contributed by atoms with Crippen molar-refractivity contribution in [2.75, 3.05) is 13.2 Å². The van der Waals surface area contributed by atoms with E-state index in [0.717, 1.165) is 18.9 Å². The number of carbonyl (C=O) groups excluding carboxylic acids is 1. The van der Waals surface area contributed by atoms with Crippen LogP contribution in [0.2, 0.25) is 0 Å². The lowest BCUT2D eigenvalue weighted by atomic mass is 9.99. The smallest absolute Gasteiger partial charge is 0.326 e. The first-order valence-corrected chi connectivity index (χ1v) is 7.22. The van der Waals surface area contributed by atoms with Gasteiger partial charge in [-0.05, 0) is 38.5 Å². The Bertz CT molecular complexity index is 289. The molecule has 0 aromatic rings. The van der Waals surface area contributed by atoms with E-state index in [2.05, 4.69) is 0 Å². The maximum absolute atomic E-state index is 11.8. The molecule has 2 rings (SSSR count). The summed E-state index contributed by atoms with van der Waals surface area (Å²) in [6, 6.07) is 0. The zero-order valence-corrected chi connectivity index (χ0v) is 11.3. The standard InChI is InChI=1S/C14H25NO3/c1-2-17-13(16)14(15)8-7-12(9-14)18-10-11-5-3-4-6-11/h11-12H,2-10,15H2,1H3. The first-order valence-electron chi connectivity index (χ1n) is 7.22. The van der Waals surface area contributed by atoms with Gasteiger partial charge in [0.2, 0.25) is 0 Å². The summed E-state index contributed by atoms with van der Waals surface area (Å²) in [6.45, 7) is 3.04. The molecule has 2 aliphatic carbocycles. The molecule has 0 spiro atoms. The Labute approximate surface area is 109 Å². The maximum Gasteiger partial charge on any atom is 0.326 e. The lowest BCUT2D eigenvalue weighted by Gasteiger charge is -2.22. The van der Waals surface area contributed by atoms with E-state index in [0.29, 0.717) is 19.4 Å². The molecular weight excluding hydrogens is 230 g/mol. The van der Waals surface area contributed by atoms with Gasteiger partial charge in [-0.15, -0.1) is 0 Å². The number of carbonyl (C=O) groups is 1. The normalized spacial score (nSPS) is 32.9. The Balaban J connectivity index is 1.74. The van der Waals surface area contributed by atoms with Crippen LogP contribution >= 0.6 is 0 Å². The predicted octanol–water partition coefficient (Wildman–Crippen LogP) is 2.01. The van der Waals surface area contributed by atoms with Crippen LogP contribution < -0.4 is 5.73 Å². The maximum atomic E-state index is 11.8. The van der Waals surface area contributed by atoms with Gasteiger partial charge in [-0.2, -0.15) is 0 Å². The highest BCUT2D eigenvalue weighted by Crippen LogP contribution is 2.32. The summed E-state index contributed by atoms with van der Waals surface area (Å²) in [6.07, 6.45) is 7.56. The second-order valence-electron chi connectivity index (χ2n) is 5.73. The van der Waals surface area contributed by atoms with Crippen LogP contribution in [-0.2, 0) is 14.3 Å². The Kier molecular flexibility index (Phi) is 4.62. The van der Waals surface area contributed by atoms with Crippen LogP contribution in [0.15, 0.2) is 0 Å².